The zero-order chi connectivity index (χ0) is 23.1. The third-order valence-electron chi connectivity index (χ3n) is 6.06. The van der Waals surface area contributed by atoms with Gasteiger partial charge in [-0.25, -0.2) is 4.98 Å². The van der Waals surface area contributed by atoms with E-state index in [9.17, 15) is 9.59 Å². The highest BCUT2D eigenvalue weighted by Gasteiger charge is 2.25. The SMILES string of the molecule is CCCCCCCC(=O)N(CC)C(C)c1nc2ccccc2c(=O)n1-c1cccc(C)c1. The molecule has 3 rings (SSSR count). The zero-order valence-electron chi connectivity index (χ0n) is 19.8. The van der Waals surface area contributed by atoms with Gasteiger partial charge in [0.1, 0.15) is 5.82 Å². The minimum Gasteiger partial charge on any atom is -0.333 e. The van der Waals surface area contributed by atoms with Crippen molar-refractivity contribution in [1.82, 2.24) is 14.5 Å². The maximum absolute atomic E-state index is 13.5. The van der Waals surface area contributed by atoms with Crippen LogP contribution in [-0.2, 0) is 4.79 Å². The highest BCUT2D eigenvalue weighted by atomic mass is 16.2. The minimum atomic E-state index is -0.319. The standard InChI is InChI=1S/C27H35N3O2/c1-5-7-8-9-10-18-25(31)29(6-2)21(4)26-28-24-17-12-11-16-23(24)27(32)30(26)22-15-13-14-20(3)19-22/h11-17,19,21H,5-10,18H2,1-4H3. The second kappa shape index (κ2) is 11.1. The van der Waals surface area contributed by atoms with E-state index in [1.807, 2.05) is 74.2 Å². The molecule has 0 fully saturated rings. The van der Waals surface area contributed by atoms with Crippen LogP contribution in [0.25, 0.3) is 16.6 Å². The lowest BCUT2D eigenvalue weighted by Gasteiger charge is -2.29. The number of hydrogen-bond donors (Lipinski definition) is 0. The molecule has 0 saturated carbocycles. The van der Waals surface area contributed by atoms with Crippen LogP contribution >= 0.6 is 0 Å². The Labute approximate surface area is 191 Å². The Morgan fingerprint density at radius 1 is 1.03 bits per heavy atom. The summed E-state index contributed by atoms with van der Waals surface area (Å²) < 4.78 is 1.68. The van der Waals surface area contributed by atoms with E-state index in [2.05, 4.69) is 6.92 Å². The fourth-order valence-corrected chi connectivity index (χ4v) is 4.28. The molecule has 0 aliphatic rings. The van der Waals surface area contributed by atoms with Gasteiger partial charge < -0.3 is 4.90 Å². The first-order valence-corrected chi connectivity index (χ1v) is 11.9. The summed E-state index contributed by atoms with van der Waals surface area (Å²) in [5.41, 5.74) is 2.40. The Bertz CT molecular complexity index is 1120. The van der Waals surface area contributed by atoms with Crippen LogP contribution in [0.3, 0.4) is 0 Å². The van der Waals surface area contributed by atoms with Gasteiger partial charge in [-0.1, -0.05) is 56.9 Å². The molecule has 0 bridgehead atoms. The van der Waals surface area contributed by atoms with Crippen molar-refractivity contribution in [2.24, 2.45) is 0 Å². The number of fused-ring (bicyclic) bond motifs is 1. The molecule has 1 atom stereocenters. The number of carbonyl (C=O) groups is 1. The molecule has 170 valence electrons. The summed E-state index contributed by atoms with van der Waals surface area (Å²) >= 11 is 0. The quantitative estimate of drug-likeness (QED) is 0.370. The van der Waals surface area contributed by atoms with Crippen LogP contribution in [0.1, 0.15) is 76.7 Å². The van der Waals surface area contributed by atoms with E-state index in [0.29, 0.717) is 29.7 Å². The summed E-state index contributed by atoms with van der Waals surface area (Å²) in [5, 5.41) is 0.579. The van der Waals surface area contributed by atoms with Crippen LogP contribution in [-0.4, -0.2) is 26.9 Å². The van der Waals surface area contributed by atoms with Crippen molar-refractivity contribution in [3.05, 3.63) is 70.3 Å². The third kappa shape index (κ3) is 5.26. The Balaban J connectivity index is 2.01. The Kier molecular flexibility index (Phi) is 8.20. The minimum absolute atomic E-state index is 0.105. The van der Waals surface area contributed by atoms with Crippen LogP contribution in [0.4, 0.5) is 0 Å². The van der Waals surface area contributed by atoms with Crippen LogP contribution in [0, 0.1) is 6.92 Å². The van der Waals surface area contributed by atoms with Crippen LogP contribution in [0.2, 0.25) is 0 Å². The second-order valence-electron chi connectivity index (χ2n) is 8.49. The largest absolute Gasteiger partial charge is 0.333 e. The van der Waals surface area contributed by atoms with Gasteiger partial charge in [0, 0.05) is 13.0 Å². The van der Waals surface area contributed by atoms with Gasteiger partial charge >= 0.3 is 0 Å². The Morgan fingerprint density at radius 3 is 2.50 bits per heavy atom. The number of aromatic nitrogens is 2. The molecular weight excluding hydrogens is 398 g/mol. The lowest BCUT2D eigenvalue weighted by atomic mass is 10.1. The molecule has 3 aromatic rings. The van der Waals surface area contributed by atoms with Crippen molar-refractivity contribution in [3.8, 4) is 5.69 Å². The molecule has 32 heavy (non-hydrogen) atoms. The highest BCUT2D eigenvalue weighted by molar-refractivity contribution is 5.79. The summed E-state index contributed by atoms with van der Waals surface area (Å²) in [4.78, 5) is 33.4. The van der Waals surface area contributed by atoms with Gasteiger partial charge in [-0.15, -0.1) is 0 Å². The first-order valence-electron chi connectivity index (χ1n) is 11.9. The van der Waals surface area contributed by atoms with Gasteiger partial charge in [0.25, 0.3) is 5.56 Å². The van der Waals surface area contributed by atoms with E-state index in [4.69, 9.17) is 4.98 Å². The average Bonchev–Trinajstić information content (AvgIpc) is 2.79. The van der Waals surface area contributed by atoms with Crippen molar-refractivity contribution in [2.75, 3.05) is 6.54 Å². The van der Waals surface area contributed by atoms with Crippen LogP contribution in [0.5, 0.6) is 0 Å². The summed E-state index contributed by atoms with van der Waals surface area (Å²) in [7, 11) is 0. The van der Waals surface area contributed by atoms with E-state index < -0.39 is 0 Å². The number of unbranched alkanes of at least 4 members (excludes halogenated alkanes) is 4. The monoisotopic (exact) mass is 433 g/mol. The van der Waals surface area contributed by atoms with Crippen molar-refractivity contribution in [2.45, 2.75) is 72.3 Å². The number of hydrogen-bond acceptors (Lipinski definition) is 3. The first kappa shape index (κ1) is 23.7. The van der Waals surface area contributed by atoms with Gasteiger partial charge in [-0.3, -0.25) is 14.2 Å². The number of carbonyl (C=O) groups excluding carboxylic acids is 1. The summed E-state index contributed by atoms with van der Waals surface area (Å²) in [6, 6.07) is 15.0. The van der Waals surface area contributed by atoms with Gasteiger partial charge in [0.15, 0.2) is 0 Å². The average molecular weight is 434 g/mol. The van der Waals surface area contributed by atoms with Crippen molar-refractivity contribution in [3.63, 3.8) is 0 Å². The normalized spacial score (nSPS) is 12.1. The van der Waals surface area contributed by atoms with Crippen molar-refractivity contribution < 1.29 is 4.79 Å². The fourth-order valence-electron chi connectivity index (χ4n) is 4.28. The van der Waals surface area contributed by atoms with E-state index in [1.165, 1.54) is 19.3 Å². The number of benzene rings is 2. The predicted octanol–water partition coefficient (Wildman–Crippen LogP) is 5.96. The van der Waals surface area contributed by atoms with Gasteiger partial charge in [0.2, 0.25) is 5.91 Å². The Hall–Kier alpha value is -2.95. The van der Waals surface area contributed by atoms with E-state index in [1.54, 1.807) is 4.57 Å². The Morgan fingerprint density at radius 2 is 1.78 bits per heavy atom. The molecule has 0 aliphatic heterocycles. The molecule has 0 aliphatic carbocycles. The summed E-state index contributed by atoms with van der Waals surface area (Å²) in [6.45, 7) is 8.73. The molecule has 0 spiro atoms. The number of para-hydroxylation sites is 1. The van der Waals surface area contributed by atoms with E-state index >= 15 is 0 Å². The topological polar surface area (TPSA) is 55.2 Å². The molecule has 0 saturated heterocycles. The molecule has 1 aromatic heterocycles. The van der Waals surface area contributed by atoms with Gasteiger partial charge in [-0.2, -0.15) is 0 Å². The summed E-state index contributed by atoms with van der Waals surface area (Å²) in [5.74, 6) is 0.718. The molecular formula is C27H35N3O2. The van der Waals surface area contributed by atoms with Gasteiger partial charge in [-0.05, 0) is 57.0 Å². The number of aryl methyl sites for hydroxylation is 1. The molecule has 1 heterocycles. The molecule has 2 aromatic carbocycles. The number of rotatable bonds is 10. The molecule has 0 radical (unpaired) electrons. The smallest absolute Gasteiger partial charge is 0.266 e. The van der Waals surface area contributed by atoms with Crippen molar-refractivity contribution in [1.29, 1.82) is 0 Å². The van der Waals surface area contributed by atoms with Crippen LogP contribution < -0.4 is 5.56 Å². The molecule has 5 heteroatoms. The fraction of sp³-hybridized carbons (Fsp3) is 0.444. The maximum Gasteiger partial charge on any atom is 0.266 e. The number of amides is 1. The maximum atomic E-state index is 13.5. The lowest BCUT2D eigenvalue weighted by molar-refractivity contribution is -0.133. The molecule has 0 N–H and O–H groups in total. The zero-order valence-corrected chi connectivity index (χ0v) is 19.8. The van der Waals surface area contributed by atoms with Crippen LogP contribution in [0.15, 0.2) is 53.3 Å². The van der Waals surface area contributed by atoms with E-state index in [-0.39, 0.29) is 17.5 Å². The van der Waals surface area contributed by atoms with Gasteiger partial charge in [0.05, 0.1) is 22.6 Å². The molecule has 5 nitrogen and oxygen atoms in total. The highest BCUT2D eigenvalue weighted by Crippen LogP contribution is 2.24. The lowest BCUT2D eigenvalue weighted by Crippen LogP contribution is -2.37. The van der Waals surface area contributed by atoms with Crippen molar-refractivity contribution >= 4 is 16.8 Å². The first-order chi connectivity index (χ1) is 15.5. The third-order valence-corrected chi connectivity index (χ3v) is 6.06. The molecule has 1 amide bonds. The molecule has 1 unspecified atom stereocenters. The summed E-state index contributed by atoms with van der Waals surface area (Å²) in [6.07, 6.45) is 6.09. The van der Waals surface area contributed by atoms with E-state index in [0.717, 1.165) is 24.1 Å². The second-order valence-corrected chi connectivity index (χ2v) is 8.49. The predicted molar refractivity (Wildman–Crippen MR) is 131 cm³/mol. The number of nitrogens with zero attached hydrogens (tertiary/aromatic N) is 3.